The van der Waals surface area contributed by atoms with Gasteiger partial charge in [-0.05, 0) is 36.6 Å². The van der Waals surface area contributed by atoms with Gasteiger partial charge in [-0.3, -0.25) is 14.9 Å². The van der Waals surface area contributed by atoms with Gasteiger partial charge in [0.25, 0.3) is 11.6 Å². The van der Waals surface area contributed by atoms with Gasteiger partial charge in [-0.2, -0.15) is 0 Å². The van der Waals surface area contributed by atoms with Crippen LogP contribution in [-0.4, -0.2) is 23.9 Å². The molecule has 1 N–H and O–H groups in total. The Morgan fingerprint density at radius 2 is 2.00 bits per heavy atom. The fourth-order valence-electron chi connectivity index (χ4n) is 3.31. The van der Waals surface area contributed by atoms with E-state index in [0.717, 1.165) is 31.4 Å². The van der Waals surface area contributed by atoms with Gasteiger partial charge in [0.1, 0.15) is 5.69 Å². The number of nitrogens with zero attached hydrogens (tertiary/aromatic N) is 2. The minimum atomic E-state index is -0.413. The number of hydrogen-bond acceptors (Lipinski definition) is 4. The van der Waals surface area contributed by atoms with E-state index >= 15 is 0 Å². The minimum absolute atomic E-state index is 0.0390. The van der Waals surface area contributed by atoms with Crippen molar-refractivity contribution in [1.82, 2.24) is 5.32 Å². The van der Waals surface area contributed by atoms with Crippen LogP contribution in [0.1, 0.15) is 42.1 Å². The first kappa shape index (κ1) is 17.9. The fraction of sp³-hybridized carbons (Fsp3) is 0.350. The van der Waals surface area contributed by atoms with Crippen molar-refractivity contribution < 1.29 is 9.72 Å². The van der Waals surface area contributed by atoms with Crippen LogP contribution in [0.5, 0.6) is 0 Å². The van der Waals surface area contributed by atoms with Crippen LogP contribution in [0.3, 0.4) is 0 Å². The number of carbonyl (C=O) groups excluding carboxylic acids is 1. The second-order valence-electron chi connectivity index (χ2n) is 6.45. The highest BCUT2D eigenvalue weighted by Gasteiger charge is 2.27. The summed E-state index contributed by atoms with van der Waals surface area (Å²) in [5.41, 5.74) is 2.99. The Kier molecular flexibility index (Phi) is 5.51. The van der Waals surface area contributed by atoms with Crippen molar-refractivity contribution in [2.75, 3.05) is 18.0 Å². The Balaban J connectivity index is 1.84. The van der Waals surface area contributed by atoms with Crippen LogP contribution in [0.4, 0.5) is 17.1 Å². The summed E-state index contributed by atoms with van der Waals surface area (Å²) in [6.07, 6.45) is 3.89. The van der Waals surface area contributed by atoms with Gasteiger partial charge in [0, 0.05) is 30.4 Å². The Bertz CT molecular complexity index is 820. The quantitative estimate of drug-likeness (QED) is 0.460. The van der Waals surface area contributed by atoms with E-state index < -0.39 is 4.92 Å². The summed E-state index contributed by atoms with van der Waals surface area (Å²) in [6, 6.07) is 12.6. The summed E-state index contributed by atoms with van der Waals surface area (Å²) < 4.78 is 0. The number of fused-ring (bicyclic) bond motifs is 1. The van der Waals surface area contributed by atoms with Crippen molar-refractivity contribution >= 4 is 23.0 Å². The van der Waals surface area contributed by atoms with Crippen LogP contribution < -0.4 is 10.2 Å². The van der Waals surface area contributed by atoms with E-state index in [0.29, 0.717) is 24.3 Å². The third-order valence-electron chi connectivity index (χ3n) is 4.68. The molecule has 136 valence electrons. The zero-order valence-electron chi connectivity index (χ0n) is 14.9. The molecule has 0 fully saturated rings. The van der Waals surface area contributed by atoms with Gasteiger partial charge in [0.2, 0.25) is 0 Å². The largest absolute Gasteiger partial charge is 0.352 e. The molecule has 0 atom stereocenters. The van der Waals surface area contributed by atoms with Crippen LogP contribution >= 0.6 is 0 Å². The van der Waals surface area contributed by atoms with Gasteiger partial charge in [0.05, 0.1) is 4.92 Å². The van der Waals surface area contributed by atoms with E-state index in [-0.39, 0.29) is 11.6 Å². The standard InChI is InChI=1S/C20H23N3O3/c1-2-3-6-12-21-20(24)16-9-10-18(19(14-16)23(25)26)22-13-11-15-7-4-5-8-17(15)22/h4-5,7-10,14H,2-3,6,11-13H2,1H3,(H,21,24). The van der Waals surface area contributed by atoms with Crippen molar-refractivity contribution in [1.29, 1.82) is 0 Å². The summed E-state index contributed by atoms with van der Waals surface area (Å²) in [5, 5.41) is 14.4. The molecule has 0 unspecified atom stereocenters. The average Bonchev–Trinajstić information content (AvgIpc) is 3.08. The molecule has 1 amide bonds. The van der Waals surface area contributed by atoms with E-state index in [1.165, 1.54) is 11.6 Å². The minimum Gasteiger partial charge on any atom is -0.352 e. The number of nitrogens with one attached hydrogen (secondary N) is 1. The van der Waals surface area contributed by atoms with E-state index in [1.54, 1.807) is 12.1 Å². The van der Waals surface area contributed by atoms with E-state index in [4.69, 9.17) is 0 Å². The molecule has 26 heavy (non-hydrogen) atoms. The molecular formula is C20H23N3O3. The lowest BCUT2D eigenvalue weighted by Gasteiger charge is -2.19. The van der Waals surface area contributed by atoms with Gasteiger partial charge in [0.15, 0.2) is 0 Å². The molecule has 1 heterocycles. The summed E-state index contributed by atoms with van der Waals surface area (Å²) >= 11 is 0. The van der Waals surface area contributed by atoms with Gasteiger partial charge >= 0.3 is 0 Å². The lowest BCUT2D eigenvalue weighted by molar-refractivity contribution is -0.384. The summed E-state index contributed by atoms with van der Waals surface area (Å²) in [6.45, 7) is 3.38. The maximum atomic E-state index is 12.3. The number of para-hydroxylation sites is 1. The topological polar surface area (TPSA) is 75.5 Å². The zero-order valence-corrected chi connectivity index (χ0v) is 14.9. The zero-order chi connectivity index (χ0) is 18.5. The number of anilines is 2. The van der Waals surface area contributed by atoms with Crippen molar-refractivity contribution in [2.45, 2.75) is 32.6 Å². The molecule has 0 bridgehead atoms. The molecular weight excluding hydrogens is 330 g/mol. The number of amides is 1. The molecule has 0 spiro atoms. The number of unbranched alkanes of at least 4 members (excludes halogenated alkanes) is 2. The van der Waals surface area contributed by atoms with E-state index in [2.05, 4.69) is 12.2 Å². The van der Waals surface area contributed by atoms with Crippen LogP contribution in [0.15, 0.2) is 42.5 Å². The highest BCUT2D eigenvalue weighted by molar-refractivity contribution is 5.96. The predicted molar refractivity (Wildman–Crippen MR) is 102 cm³/mol. The monoisotopic (exact) mass is 353 g/mol. The lowest BCUT2D eigenvalue weighted by Crippen LogP contribution is -2.24. The summed E-state index contributed by atoms with van der Waals surface area (Å²) in [7, 11) is 0. The maximum Gasteiger partial charge on any atom is 0.293 e. The fourth-order valence-corrected chi connectivity index (χ4v) is 3.31. The summed E-state index contributed by atoms with van der Waals surface area (Å²) in [4.78, 5) is 25.4. The van der Waals surface area contributed by atoms with Gasteiger partial charge in [-0.1, -0.05) is 38.0 Å². The van der Waals surface area contributed by atoms with Crippen molar-refractivity contribution in [2.24, 2.45) is 0 Å². The smallest absolute Gasteiger partial charge is 0.293 e. The Morgan fingerprint density at radius 1 is 1.19 bits per heavy atom. The lowest BCUT2D eigenvalue weighted by atomic mass is 10.1. The van der Waals surface area contributed by atoms with Crippen molar-refractivity contribution in [3.05, 3.63) is 63.7 Å². The SMILES string of the molecule is CCCCCNC(=O)c1ccc(N2CCc3ccccc32)c([N+](=O)[O-])c1. The highest BCUT2D eigenvalue weighted by Crippen LogP contribution is 2.39. The Labute approximate surface area is 153 Å². The molecule has 2 aromatic carbocycles. The van der Waals surface area contributed by atoms with Crippen LogP contribution in [-0.2, 0) is 6.42 Å². The molecule has 0 saturated heterocycles. The Hall–Kier alpha value is -2.89. The third kappa shape index (κ3) is 3.69. The maximum absolute atomic E-state index is 12.3. The first-order valence-corrected chi connectivity index (χ1v) is 9.04. The molecule has 6 heteroatoms. The van der Waals surface area contributed by atoms with Gasteiger partial charge < -0.3 is 10.2 Å². The predicted octanol–water partition coefficient (Wildman–Crippen LogP) is 4.21. The molecule has 0 aliphatic carbocycles. The number of rotatable bonds is 7. The normalized spacial score (nSPS) is 12.7. The number of nitro benzene ring substituents is 1. The van der Waals surface area contributed by atoms with Crippen molar-refractivity contribution in [3.63, 3.8) is 0 Å². The first-order chi connectivity index (χ1) is 12.6. The van der Waals surface area contributed by atoms with E-state index in [1.807, 2.05) is 29.2 Å². The molecule has 2 aromatic rings. The third-order valence-corrected chi connectivity index (χ3v) is 4.68. The number of hydrogen-bond donors (Lipinski definition) is 1. The second kappa shape index (κ2) is 7.99. The van der Waals surface area contributed by atoms with Crippen molar-refractivity contribution in [3.8, 4) is 0 Å². The van der Waals surface area contributed by atoms with Crippen LogP contribution in [0.25, 0.3) is 0 Å². The van der Waals surface area contributed by atoms with E-state index in [9.17, 15) is 14.9 Å². The first-order valence-electron chi connectivity index (χ1n) is 9.04. The molecule has 0 aromatic heterocycles. The second-order valence-corrected chi connectivity index (χ2v) is 6.45. The molecule has 6 nitrogen and oxygen atoms in total. The molecule has 1 aliphatic heterocycles. The molecule has 0 saturated carbocycles. The summed E-state index contributed by atoms with van der Waals surface area (Å²) in [5.74, 6) is -0.266. The molecule has 3 rings (SSSR count). The van der Waals surface area contributed by atoms with Crippen LogP contribution in [0.2, 0.25) is 0 Å². The molecule has 1 aliphatic rings. The Morgan fingerprint density at radius 3 is 2.77 bits per heavy atom. The molecule has 0 radical (unpaired) electrons. The average molecular weight is 353 g/mol. The number of nitro groups is 1. The van der Waals surface area contributed by atoms with Crippen LogP contribution in [0, 0.1) is 10.1 Å². The van der Waals surface area contributed by atoms with Gasteiger partial charge in [-0.15, -0.1) is 0 Å². The number of carbonyl (C=O) groups is 1. The number of benzene rings is 2. The highest BCUT2D eigenvalue weighted by atomic mass is 16.6. The van der Waals surface area contributed by atoms with Gasteiger partial charge in [-0.25, -0.2) is 0 Å².